The number of carbonyl (C=O) groups is 1. The second-order valence-electron chi connectivity index (χ2n) is 4.59. The van der Waals surface area contributed by atoms with E-state index >= 15 is 0 Å². The fourth-order valence-corrected chi connectivity index (χ4v) is 2.28. The fraction of sp³-hybridized carbons (Fsp3) is 0.0714. The van der Waals surface area contributed by atoms with Gasteiger partial charge in [-0.3, -0.25) is 20.1 Å². The summed E-state index contributed by atoms with van der Waals surface area (Å²) < 4.78 is 0. The van der Waals surface area contributed by atoms with E-state index in [9.17, 15) is 20.1 Å². The van der Waals surface area contributed by atoms with Gasteiger partial charge >= 0.3 is 0 Å². The van der Waals surface area contributed by atoms with Gasteiger partial charge in [-0.2, -0.15) is 5.06 Å². The minimum absolute atomic E-state index is 0.103. The standard InChI is InChI=1S/C14H11N3O4/c18-14-11-6-1-2-7-12(11)15-13(16(14)19)9-4-3-5-10(8-9)17(20)21/h1-8,13,15,19H/t13-/m1/s1. The van der Waals surface area contributed by atoms with Crippen LogP contribution >= 0.6 is 0 Å². The van der Waals surface area contributed by atoms with Crippen molar-refractivity contribution in [1.82, 2.24) is 5.06 Å². The molecule has 1 aliphatic rings. The highest BCUT2D eigenvalue weighted by atomic mass is 16.6. The van der Waals surface area contributed by atoms with Gasteiger partial charge in [0.15, 0.2) is 6.17 Å². The molecule has 0 fully saturated rings. The van der Waals surface area contributed by atoms with Gasteiger partial charge in [0.2, 0.25) is 0 Å². The lowest BCUT2D eigenvalue weighted by atomic mass is 10.0. The SMILES string of the molecule is O=C1c2ccccc2N[C@@H](c2cccc([N+](=O)[O-])c2)N1O. The molecule has 2 N–H and O–H groups in total. The number of anilines is 1. The van der Waals surface area contributed by atoms with E-state index in [2.05, 4.69) is 5.32 Å². The van der Waals surface area contributed by atoms with Crippen LogP contribution in [0.15, 0.2) is 48.5 Å². The Balaban J connectivity index is 2.02. The van der Waals surface area contributed by atoms with E-state index in [1.165, 1.54) is 18.2 Å². The van der Waals surface area contributed by atoms with Crippen LogP contribution in [0.25, 0.3) is 0 Å². The van der Waals surface area contributed by atoms with Gasteiger partial charge in [-0.05, 0) is 12.1 Å². The highest BCUT2D eigenvalue weighted by molar-refractivity contribution is 6.01. The molecule has 1 amide bonds. The molecule has 2 aromatic carbocycles. The average Bonchev–Trinajstić information content (AvgIpc) is 2.51. The number of fused-ring (bicyclic) bond motifs is 1. The Morgan fingerprint density at radius 1 is 1.19 bits per heavy atom. The summed E-state index contributed by atoms with van der Waals surface area (Å²) >= 11 is 0. The average molecular weight is 285 g/mol. The molecular weight excluding hydrogens is 274 g/mol. The van der Waals surface area contributed by atoms with Crippen molar-refractivity contribution in [3.8, 4) is 0 Å². The van der Waals surface area contributed by atoms with Gasteiger partial charge < -0.3 is 5.32 Å². The smallest absolute Gasteiger partial charge is 0.281 e. The van der Waals surface area contributed by atoms with Crippen LogP contribution in [0.1, 0.15) is 22.1 Å². The number of nitrogens with zero attached hydrogens (tertiary/aromatic N) is 2. The van der Waals surface area contributed by atoms with Crippen molar-refractivity contribution in [3.63, 3.8) is 0 Å². The number of para-hydroxylation sites is 1. The number of hydrogen-bond donors (Lipinski definition) is 2. The number of nitro benzene ring substituents is 1. The minimum Gasteiger partial charge on any atom is -0.359 e. The first-order chi connectivity index (χ1) is 10.1. The molecule has 0 saturated heterocycles. The maximum absolute atomic E-state index is 12.1. The lowest BCUT2D eigenvalue weighted by Gasteiger charge is -2.33. The third kappa shape index (κ3) is 2.19. The van der Waals surface area contributed by atoms with Gasteiger partial charge in [0, 0.05) is 23.4 Å². The Labute approximate surface area is 119 Å². The van der Waals surface area contributed by atoms with Crippen LogP contribution in [0.5, 0.6) is 0 Å². The van der Waals surface area contributed by atoms with Gasteiger partial charge in [0.1, 0.15) is 0 Å². The van der Waals surface area contributed by atoms with Gasteiger partial charge in [0.25, 0.3) is 11.6 Å². The highest BCUT2D eigenvalue weighted by Crippen LogP contribution is 2.32. The number of amides is 1. The number of hydrogen-bond acceptors (Lipinski definition) is 5. The summed E-state index contributed by atoms with van der Waals surface area (Å²) in [6.45, 7) is 0. The Morgan fingerprint density at radius 3 is 2.71 bits per heavy atom. The second-order valence-corrected chi connectivity index (χ2v) is 4.59. The summed E-state index contributed by atoms with van der Waals surface area (Å²) in [5.74, 6) is -0.555. The molecule has 1 heterocycles. The van der Waals surface area contributed by atoms with Gasteiger partial charge in [-0.15, -0.1) is 0 Å². The molecule has 21 heavy (non-hydrogen) atoms. The van der Waals surface area contributed by atoms with Crippen molar-refractivity contribution in [2.75, 3.05) is 5.32 Å². The van der Waals surface area contributed by atoms with Crippen LogP contribution in [0.2, 0.25) is 0 Å². The van der Waals surface area contributed by atoms with E-state index in [1.54, 1.807) is 30.3 Å². The van der Waals surface area contributed by atoms with E-state index < -0.39 is 17.0 Å². The molecule has 0 saturated carbocycles. The molecule has 106 valence electrons. The summed E-state index contributed by atoms with van der Waals surface area (Å²) in [5, 5.41) is 24.4. The predicted molar refractivity (Wildman–Crippen MR) is 73.9 cm³/mol. The molecule has 1 aliphatic heterocycles. The zero-order valence-electron chi connectivity index (χ0n) is 10.8. The molecule has 3 rings (SSSR count). The topological polar surface area (TPSA) is 95.7 Å². The summed E-state index contributed by atoms with van der Waals surface area (Å²) in [4.78, 5) is 22.4. The Morgan fingerprint density at radius 2 is 1.95 bits per heavy atom. The van der Waals surface area contributed by atoms with E-state index in [-0.39, 0.29) is 5.69 Å². The molecular formula is C14H11N3O4. The summed E-state index contributed by atoms with van der Waals surface area (Å²) in [6.07, 6.45) is -0.868. The molecule has 0 spiro atoms. The van der Waals surface area contributed by atoms with Crippen LogP contribution in [-0.2, 0) is 0 Å². The zero-order chi connectivity index (χ0) is 15.0. The van der Waals surface area contributed by atoms with Gasteiger partial charge in [-0.25, -0.2) is 0 Å². The number of rotatable bonds is 2. The fourth-order valence-electron chi connectivity index (χ4n) is 2.28. The first-order valence-corrected chi connectivity index (χ1v) is 6.20. The van der Waals surface area contributed by atoms with E-state index in [4.69, 9.17) is 0 Å². The van der Waals surface area contributed by atoms with Crippen LogP contribution < -0.4 is 5.32 Å². The maximum Gasteiger partial charge on any atom is 0.281 e. The van der Waals surface area contributed by atoms with Crippen LogP contribution in [0, 0.1) is 10.1 Å². The van der Waals surface area contributed by atoms with Crippen molar-refractivity contribution in [2.24, 2.45) is 0 Å². The molecule has 7 nitrogen and oxygen atoms in total. The van der Waals surface area contributed by atoms with E-state index in [0.29, 0.717) is 21.9 Å². The molecule has 0 unspecified atom stereocenters. The number of nitrogens with one attached hydrogen (secondary N) is 1. The van der Waals surface area contributed by atoms with Crippen molar-refractivity contribution >= 4 is 17.3 Å². The Bertz CT molecular complexity index is 732. The Kier molecular flexibility index (Phi) is 3.03. The molecule has 1 atom stereocenters. The number of non-ortho nitro benzene ring substituents is 1. The summed E-state index contributed by atoms with van der Waals surface area (Å²) in [5.41, 5.74) is 1.24. The summed E-state index contributed by atoms with van der Waals surface area (Å²) in [7, 11) is 0. The lowest BCUT2D eigenvalue weighted by Crippen LogP contribution is -2.40. The van der Waals surface area contributed by atoms with Crippen molar-refractivity contribution in [1.29, 1.82) is 0 Å². The normalized spacial score (nSPS) is 17.1. The molecule has 7 heteroatoms. The predicted octanol–water partition coefficient (Wildman–Crippen LogP) is 2.55. The number of carbonyl (C=O) groups excluding carboxylic acids is 1. The molecule has 0 radical (unpaired) electrons. The van der Waals surface area contributed by atoms with Crippen LogP contribution in [0.4, 0.5) is 11.4 Å². The van der Waals surface area contributed by atoms with E-state index in [1.807, 2.05) is 0 Å². The molecule has 0 aliphatic carbocycles. The van der Waals surface area contributed by atoms with Gasteiger partial charge in [0.05, 0.1) is 10.5 Å². The third-order valence-electron chi connectivity index (χ3n) is 3.30. The van der Waals surface area contributed by atoms with Crippen molar-refractivity contribution in [3.05, 3.63) is 69.8 Å². The monoisotopic (exact) mass is 285 g/mol. The van der Waals surface area contributed by atoms with Crippen LogP contribution in [0.3, 0.4) is 0 Å². The minimum atomic E-state index is -0.868. The Hall–Kier alpha value is -2.93. The van der Waals surface area contributed by atoms with Crippen molar-refractivity contribution < 1.29 is 14.9 Å². The third-order valence-corrected chi connectivity index (χ3v) is 3.30. The van der Waals surface area contributed by atoms with Gasteiger partial charge in [-0.1, -0.05) is 24.3 Å². The lowest BCUT2D eigenvalue weighted by molar-refractivity contribution is -0.385. The molecule has 0 bridgehead atoms. The number of nitro groups is 1. The van der Waals surface area contributed by atoms with E-state index in [0.717, 1.165) is 0 Å². The first-order valence-electron chi connectivity index (χ1n) is 6.20. The summed E-state index contributed by atoms with van der Waals surface area (Å²) in [6, 6.07) is 12.5. The van der Waals surface area contributed by atoms with Crippen LogP contribution in [-0.4, -0.2) is 21.1 Å². The quantitative estimate of drug-likeness (QED) is 0.502. The zero-order valence-corrected chi connectivity index (χ0v) is 10.8. The number of hydroxylamine groups is 2. The molecule has 2 aromatic rings. The number of benzene rings is 2. The second kappa shape index (κ2) is 4.88. The highest BCUT2D eigenvalue weighted by Gasteiger charge is 2.32. The first kappa shape index (κ1) is 13.1. The van der Waals surface area contributed by atoms with Crippen molar-refractivity contribution in [2.45, 2.75) is 6.17 Å². The largest absolute Gasteiger partial charge is 0.359 e. The maximum atomic E-state index is 12.1. The molecule has 0 aromatic heterocycles.